The van der Waals surface area contributed by atoms with Crippen LogP contribution in [0.1, 0.15) is 11.1 Å². The number of hydrogen-bond acceptors (Lipinski definition) is 2. The number of rotatable bonds is 2. The normalized spacial score (nSPS) is 22.8. The van der Waals surface area contributed by atoms with Gasteiger partial charge in [0.15, 0.2) is 11.3 Å². The van der Waals surface area contributed by atoms with Crippen molar-refractivity contribution in [2.75, 3.05) is 0 Å². The minimum absolute atomic E-state index is 0.256. The summed E-state index contributed by atoms with van der Waals surface area (Å²) in [5, 5.41) is 12.5. The predicted molar refractivity (Wildman–Crippen MR) is 69.9 cm³/mol. The summed E-state index contributed by atoms with van der Waals surface area (Å²) in [7, 11) is 0. The second kappa shape index (κ2) is 4.79. The highest BCUT2D eigenvalue weighted by molar-refractivity contribution is 7.66. The first kappa shape index (κ1) is 12.0. The van der Waals surface area contributed by atoms with Crippen molar-refractivity contribution in [2.45, 2.75) is 13.5 Å². The molecule has 0 spiro atoms. The molecule has 0 fully saturated rings. The van der Waals surface area contributed by atoms with Crippen molar-refractivity contribution in [3.63, 3.8) is 0 Å². The molecule has 1 aliphatic rings. The van der Waals surface area contributed by atoms with Gasteiger partial charge in [0, 0.05) is 11.6 Å². The quantitative estimate of drug-likeness (QED) is 0.457. The van der Waals surface area contributed by atoms with Crippen molar-refractivity contribution in [3.05, 3.63) is 65.0 Å². The second-order valence-electron chi connectivity index (χ2n) is 4.06. The van der Waals surface area contributed by atoms with Crippen molar-refractivity contribution in [2.24, 2.45) is 0 Å². The first-order valence-electron chi connectivity index (χ1n) is 5.31. The molecule has 1 aromatic rings. The Morgan fingerprint density at radius 1 is 1.24 bits per heavy atom. The number of hydroxylamine groups is 3. The van der Waals surface area contributed by atoms with Crippen LogP contribution in [0.2, 0.25) is 0 Å². The molecule has 0 saturated heterocycles. The van der Waals surface area contributed by atoms with Gasteiger partial charge in [-0.2, -0.15) is 0 Å². The minimum atomic E-state index is -0.701. The monoisotopic (exact) mass is 247 g/mol. The van der Waals surface area contributed by atoms with Gasteiger partial charge < -0.3 is 5.21 Å². The molecule has 2 rings (SSSR count). The SMILES string of the molecule is Cc1ccc(C[N+]2([O-])C=CC=CC2=S=O)cc1. The average molecular weight is 247 g/mol. The van der Waals surface area contributed by atoms with Gasteiger partial charge >= 0.3 is 0 Å². The Hall–Kier alpha value is -1.49. The summed E-state index contributed by atoms with van der Waals surface area (Å²) < 4.78 is 10.2. The largest absolute Gasteiger partial charge is 0.621 e. The maximum absolute atomic E-state index is 12.5. The van der Waals surface area contributed by atoms with E-state index in [0.29, 0.717) is 0 Å². The minimum Gasteiger partial charge on any atom is -0.621 e. The highest BCUT2D eigenvalue weighted by Crippen LogP contribution is 2.18. The van der Waals surface area contributed by atoms with E-state index < -0.39 is 4.65 Å². The second-order valence-corrected chi connectivity index (χ2v) is 4.65. The van der Waals surface area contributed by atoms with Gasteiger partial charge in [0.2, 0.25) is 4.99 Å². The zero-order valence-electron chi connectivity index (χ0n) is 9.50. The van der Waals surface area contributed by atoms with Gasteiger partial charge in [-0.25, -0.2) is 4.21 Å². The van der Waals surface area contributed by atoms with Gasteiger partial charge in [-0.3, -0.25) is 4.65 Å². The molecule has 0 amide bonds. The molecule has 3 nitrogen and oxygen atoms in total. The van der Waals surface area contributed by atoms with Crippen LogP contribution in [-0.2, 0) is 17.8 Å². The summed E-state index contributed by atoms with van der Waals surface area (Å²) in [6.07, 6.45) is 6.48. The zero-order valence-corrected chi connectivity index (χ0v) is 10.3. The molecule has 88 valence electrons. The molecule has 0 N–H and O–H groups in total. The maximum Gasteiger partial charge on any atom is 0.231 e. The van der Waals surface area contributed by atoms with E-state index in [9.17, 15) is 9.42 Å². The Kier molecular flexibility index (Phi) is 3.38. The van der Waals surface area contributed by atoms with Crippen LogP contribution >= 0.6 is 0 Å². The Labute approximate surface area is 104 Å². The van der Waals surface area contributed by atoms with E-state index in [0.717, 1.165) is 11.1 Å². The molecule has 1 atom stereocenters. The number of hydrogen-bond donors (Lipinski definition) is 0. The fourth-order valence-electron chi connectivity index (χ4n) is 1.71. The number of aryl methyl sites for hydroxylation is 1. The number of nitrogens with zero attached hydrogens (tertiary/aromatic N) is 1. The summed E-state index contributed by atoms with van der Waals surface area (Å²) in [6, 6.07) is 7.78. The lowest BCUT2D eigenvalue weighted by molar-refractivity contribution is -0.744. The zero-order chi connectivity index (χ0) is 12.3. The number of quaternary nitrogens is 1. The van der Waals surface area contributed by atoms with E-state index in [2.05, 4.69) is 0 Å². The van der Waals surface area contributed by atoms with Gasteiger partial charge in [0.25, 0.3) is 0 Å². The molecule has 0 aliphatic carbocycles. The summed E-state index contributed by atoms with van der Waals surface area (Å²) in [5.41, 5.74) is 2.08. The summed E-state index contributed by atoms with van der Waals surface area (Å²) in [4.78, 5) is 0.271. The maximum atomic E-state index is 12.5. The molecule has 0 bridgehead atoms. The van der Waals surface area contributed by atoms with E-state index in [-0.39, 0.29) is 22.8 Å². The molecule has 1 aromatic carbocycles. The van der Waals surface area contributed by atoms with E-state index in [1.54, 1.807) is 18.2 Å². The van der Waals surface area contributed by atoms with Gasteiger partial charge in [-0.1, -0.05) is 35.9 Å². The number of allylic oxidation sites excluding steroid dienone is 2. The van der Waals surface area contributed by atoms with Crippen molar-refractivity contribution in [3.8, 4) is 0 Å². The molecular weight excluding hydrogens is 234 g/mol. The van der Waals surface area contributed by atoms with Crippen LogP contribution in [0, 0.1) is 12.1 Å². The molecule has 17 heavy (non-hydrogen) atoms. The fraction of sp³-hybridized carbons (Fsp3) is 0.154. The van der Waals surface area contributed by atoms with E-state index in [1.165, 1.54) is 6.20 Å². The van der Waals surface area contributed by atoms with Gasteiger partial charge in [0.1, 0.15) is 12.7 Å². The molecule has 1 aliphatic heterocycles. The average Bonchev–Trinajstić information content (AvgIpc) is 2.32. The lowest BCUT2D eigenvalue weighted by Crippen LogP contribution is -2.41. The van der Waals surface area contributed by atoms with E-state index in [1.807, 2.05) is 31.2 Å². The van der Waals surface area contributed by atoms with Crippen LogP contribution in [0.3, 0.4) is 0 Å². The van der Waals surface area contributed by atoms with Crippen LogP contribution in [0.4, 0.5) is 0 Å². The molecule has 0 aromatic heterocycles. The lowest BCUT2D eigenvalue weighted by atomic mass is 10.1. The van der Waals surface area contributed by atoms with Crippen LogP contribution in [0.15, 0.2) is 48.7 Å². The van der Waals surface area contributed by atoms with Crippen LogP contribution in [0.25, 0.3) is 0 Å². The smallest absolute Gasteiger partial charge is 0.231 e. The molecule has 0 radical (unpaired) electrons. The Morgan fingerprint density at radius 3 is 2.59 bits per heavy atom. The summed E-state index contributed by atoms with van der Waals surface area (Å²) in [6.45, 7) is 2.26. The van der Waals surface area contributed by atoms with Crippen molar-refractivity contribution >= 4 is 16.2 Å². The van der Waals surface area contributed by atoms with Gasteiger partial charge in [-0.05, 0) is 13.0 Å². The first-order valence-corrected chi connectivity index (χ1v) is 6.06. The summed E-state index contributed by atoms with van der Waals surface area (Å²) >= 11 is 0.263. The Bertz CT molecular complexity index is 527. The summed E-state index contributed by atoms with van der Waals surface area (Å²) in [5.74, 6) is 0. The van der Waals surface area contributed by atoms with Crippen molar-refractivity contribution < 1.29 is 8.86 Å². The third-order valence-electron chi connectivity index (χ3n) is 2.67. The third kappa shape index (κ3) is 2.61. The lowest BCUT2D eigenvalue weighted by Gasteiger charge is -2.38. The highest BCUT2D eigenvalue weighted by Gasteiger charge is 2.22. The first-order chi connectivity index (χ1) is 8.14. The molecule has 4 heteroatoms. The highest BCUT2D eigenvalue weighted by atomic mass is 32.1. The van der Waals surface area contributed by atoms with Crippen molar-refractivity contribution in [1.29, 1.82) is 0 Å². The Morgan fingerprint density at radius 2 is 1.94 bits per heavy atom. The van der Waals surface area contributed by atoms with Gasteiger partial charge in [0.05, 0.1) is 0 Å². The fourth-order valence-corrected chi connectivity index (χ4v) is 2.10. The third-order valence-corrected chi connectivity index (χ3v) is 3.29. The topological polar surface area (TPSA) is 40.1 Å². The Balaban J connectivity index is 2.28. The predicted octanol–water partition coefficient (Wildman–Crippen LogP) is 2.24. The number of benzene rings is 1. The standard InChI is InChI=1S/C13H13NO2S/c1-11-5-7-12(8-6-11)10-14(15)9-3-2-4-13(14)17-16/h2-9H,10H2,1H3. The molecule has 0 saturated carbocycles. The molecule has 1 heterocycles. The van der Waals surface area contributed by atoms with E-state index >= 15 is 0 Å². The van der Waals surface area contributed by atoms with Gasteiger partial charge in [-0.15, -0.1) is 0 Å². The molecular formula is C13H13NO2S. The van der Waals surface area contributed by atoms with Crippen LogP contribution in [0.5, 0.6) is 0 Å². The van der Waals surface area contributed by atoms with Crippen molar-refractivity contribution in [1.82, 2.24) is 0 Å². The van der Waals surface area contributed by atoms with E-state index in [4.69, 9.17) is 0 Å². The van der Waals surface area contributed by atoms with Crippen LogP contribution in [-0.4, -0.2) is 13.8 Å². The van der Waals surface area contributed by atoms with Crippen LogP contribution < -0.4 is 0 Å². The molecule has 1 unspecified atom stereocenters.